The van der Waals surface area contributed by atoms with Crippen LogP contribution in [-0.4, -0.2) is 87.7 Å². The molecule has 0 bridgehead atoms. The lowest BCUT2D eigenvalue weighted by molar-refractivity contribution is 0.0561. The van der Waals surface area contributed by atoms with Gasteiger partial charge in [0.15, 0.2) is 0 Å². The SMILES string of the molecule is CC(C)NC(=O)N1CCCC1C(C)(C)CC1CCC(C(C)(C)CC2CCC(C(C)(C)C)N2C(=O)NC2CCC2)N1C(=O)NC1CC1. The molecule has 9 nitrogen and oxygen atoms in total. The smallest absolute Gasteiger partial charge is 0.318 e. The van der Waals surface area contributed by atoms with E-state index in [1.54, 1.807) is 0 Å². The molecule has 0 aromatic carbocycles. The Bertz CT molecular complexity index is 1110. The van der Waals surface area contributed by atoms with Crippen LogP contribution in [0.3, 0.4) is 0 Å². The summed E-state index contributed by atoms with van der Waals surface area (Å²) in [5, 5.41) is 9.83. The number of nitrogens with one attached hydrogen (secondary N) is 3. The average Bonchev–Trinajstić information content (AvgIpc) is 3.29. The van der Waals surface area contributed by atoms with Crippen LogP contribution in [0.4, 0.5) is 14.4 Å². The van der Waals surface area contributed by atoms with Crippen LogP contribution in [0.2, 0.25) is 0 Å². The van der Waals surface area contributed by atoms with Crippen LogP contribution in [-0.2, 0) is 0 Å². The maximum absolute atomic E-state index is 14.1. The number of hydrogen-bond donors (Lipinski definition) is 3. The molecule has 262 valence electrons. The van der Waals surface area contributed by atoms with Gasteiger partial charge in [0.05, 0.1) is 0 Å². The van der Waals surface area contributed by atoms with E-state index in [1.165, 1.54) is 6.42 Å². The van der Waals surface area contributed by atoms with Gasteiger partial charge in [-0.1, -0.05) is 48.5 Å². The van der Waals surface area contributed by atoms with Crippen molar-refractivity contribution < 1.29 is 14.4 Å². The molecule has 5 rings (SSSR count). The average molecular weight is 643 g/mol. The second-order valence-electron chi connectivity index (χ2n) is 18.3. The Labute approximate surface area is 279 Å². The molecule has 2 saturated carbocycles. The predicted octanol–water partition coefficient (Wildman–Crippen LogP) is 7.25. The summed E-state index contributed by atoms with van der Waals surface area (Å²) >= 11 is 0. The summed E-state index contributed by atoms with van der Waals surface area (Å²) in [6.45, 7) is 20.9. The lowest BCUT2D eigenvalue weighted by Gasteiger charge is -2.46. The van der Waals surface area contributed by atoms with Crippen LogP contribution in [0.25, 0.3) is 0 Å². The van der Waals surface area contributed by atoms with Crippen molar-refractivity contribution in [2.45, 2.75) is 194 Å². The van der Waals surface area contributed by atoms with E-state index in [9.17, 15) is 14.4 Å². The van der Waals surface area contributed by atoms with Gasteiger partial charge in [0.1, 0.15) is 0 Å². The van der Waals surface area contributed by atoms with Gasteiger partial charge >= 0.3 is 18.1 Å². The molecule has 5 atom stereocenters. The fourth-order valence-corrected chi connectivity index (χ4v) is 9.32. The molecule has 0 aromatic rings. The van der Waals surface area contributed by atoms with Crippen molar-refractivity contribution in [3.05, 3.63) is 0 Å². The molecule has 46 heavy (non-hydrogen) atoms. The van der Waals surface area contributed by atoms with Crippen molar-refractivity contribution in [1.82, 2.24) is 30.7 Å². The first-order valence-electron chi connectivity index (χ1n) is 18.7. The van der Waals surface area contributed by atoms with Gasteiger partial charge in [0.2, 0.25) is 0 Å². The van der Waals surface area contributed by atoms with Gasteiger partial charge in [-0.25, -0.2) is 14.4 Å². The highest BCUT2D eigenvalue weighted by Gasteiger charge is 2.52. The Kier molecular flexibility index (Phi) is 10.2. The zero-order valence-corrected chi connectivity index (χ0v) is 30.6. The highest BCUT2D eigenvalue weighted by atomic mass is 16.2. The van der Waals surface area contributed by atoms with Crippen molar-refractivity contribution in [2.75, 3.05) is 6.54 Å². The van der Waals surface area contributed by atoms with Gasteiger partial charge in [-0.3, -0.25) is 0 Å². The normalized spacial score (nSPS) is 29.3. The molecule has 6 amide bonds. The summed E-state index contributed by atoms with van der Waals surface area (Å²) in [5.41, 5.74) is -0.284. The van der Waals surface area contributed by atoms with Crippen molar-refractivity contribution in [1.29, 1.82) is 0 Å². The molecule has 3 saturated heterocycles. The zero-order valence-electron chi connectivity index (χ0n) is 30.6. The van der Waals surface area contributed by atoms with E-state index in [1.807, 2.05) is 13.8 Å². The third-order valence-corrected chi connectivity index (χ3v) is 12.1. The van der Waals surface area contributed by atoms with E-state index in [0.29, 0.717) is 12.1 Å². The molecular formula is C37H66N6O3. The van der Waals surface area contributed by atoms with Crippen LogP contribution in [0.1, 0.15) is 146 Å². The van der Waals surface area contributed by atoms with E-state index in [2.05, 4.69) is 79.1 Å². The first kappa shape index (κ1) is 35.1. The van der Waals surface area contributed by atoms with Gasteiger partial charge < -0.3 is 30.7 Å². The van der Waals surface area contributed by atoms with Gasteiger partial charge in [0, 0.05) is 54.9 Å². The maximum atomic E-state index is 14.1. The van der Waals surface area contributed by atoms with Gasteiger partial charge in [-0.2, -0.15) is 0 Å². The third-order valence-electron chi connectivity index (χ3n) is 12.1. The van der Waals surface area contributed by atoms with Gasteiger partial charge in [0.25, 0.3) is 0 Å². The number of rotatable bonds is 9. The minimum atomic E-state index is -0.164. The van der Waals surface area contributed by atoms with Crippen LogP contribution >= 0.6 is 0 Å². The molecule has 5 aliphatic rings. The monoisotopic (exact) mass is 643 g/mol. The maximum Gasteiger partial charge on any atom is 0.318 e. The quantitative estimate of drug-likeness (QED) is 0.247. The number of likely N-dealkylation sites (tertiary alicyclic amines) is 3. The lowest BCUT2D eigenvalue weighted by Crippen LogP contribution is -2.57. The predicted molar refractivity (Wildman–Crippen MR) is 185 cm³/mol. The second-order valence-corrected chi connectivity index (χ2v) is 18.3. The third kappa shape index (κ3) is 7.75. The van der Waals surface area contributed by atoms with E-state index >= 15 is 0 Å². The Balaban J connectivity index is 1.34. The van der Waals surface area contributed by atoms with Crippen molar-refractivity contribution >= 4 is 18.1 Å². The summed E-state index contributed by atoms with van der Waals surface area (Å²) in [7, 11) is 0. The molecule has 0 aromatic heterocycles. The van der Waals surface area contributed by atoms with Gasteiger partial charge in [-0.05, 0) is 114 Å². The molecule has 3 N–H and O–H groups in total. The van der Waals surface area contributed by atoms with Crippen LogP contribution in [0.5, 0.6) is 0 Å². The van der Waals surface area contributed by atoms with E-state index in [4.69, 9.17) is 0 Å². The molecule has 0 radical (unpaired) electrons. The van der Waals surface area contributed by atoms with Crippen LogP contribution in [0, 0.1) is 16.2 Å². The molecule has 2 aliphatic carbocycles. The Morgan fingerprint density at radius 1 is 0.609 bits per heavy atom. The van der Waals surface area contributed by atoms with E-state index in [0.717, 1.165) is 83.6 Å². The minimum Gasteiger partial charge on any atom is -0.336 e. The number of urea groups is 3. The summed E-state index contributed by atoms with van der Waals surface area (Å²) < 4.78 is 0. The molecule has 5 unspecified atom stereocenters. The van der Waals surface area contributed by atoms with Crippen molar-refractivity contribution in [3.63, 3.8) is 0 Å². The summed E-state index contributed by atoms with van der Waals surface area (Å²) in [5.74, 6) is 0. The molecule has 0 spiro atoms. The first-order valence-corrected chi connectivity index (χ1v) is 18.7. The first-order chi connectivity index (χ1) is 21.5. The van der Waals surface area contributed by atoms with Crippen LogP contribution in [0.15, 0.2) is 0 Å². The fourth-order valence-electron chi connectivity index (χ4n) is 9.32. The Hall–Kier alpha value is -2.19. The highest BCUT2D eigenvalue weighted by Crippen LogP contribution is 2.48. The molecule has 3 aliphatic heterocycles. The number of nitrogens with zero attached hydrogens (tertiary/aromatic N) is 3. The fraction of sp³-hybridized carbons (Fsp3) is 0.919. The molecular weight excluding hydrogens is 576 g/mol. The summed E-state index contributed by atoms with van der Waals surface area (Å²) in [4.78, 5) is 47.5. The number of hydrogen-bond acceptors (Lipinski definition) is 3. The standard InChI is InChI=1S/C37H66N6O3/c1-24(2)38-32(44)41-21-11-14-30(41)36(6,7)22-28-18-20-31(43(28)34(46)40-26-15-16-26)37(8,9)23-27-17-19-29(35(3,4)5)42(27)33(45)39-25-12-10-13-25/h24-31H,10-23H2,1-9H3,(H,38,44)(H,39,45)(H,40,46). The Morgan fingerprint density at radius 2 is 1.11 bits per heavy atom. The number of carbonyl (C=O) groups excluding carboxylic acids is 3. The number of amides is 6. The summed E-state index contributed by atoms with van der Waals surface area (Å²) in [6, 6.07) is 1.69. The summed E-state index contributed by atoms with van der Waals surface area (Å²) in [6.07, 6.45) is 13.3. The highest BCUT2D eigenvalue weighted by molar-refractivity contribution is 5.77. The van der Waals surface area contributed by atoms with Crippen LogP contribution < -0.4 is 16.0 Å². The van der Waals surface area contributed by atoms with E-state index in [-0.39, 0.29) is 70.6 Å². The van der Waals surface area contributed by atoms with E-state index < -0.39 is 0 Å². The second kappa shape index (κ2) is 13.4. The number of carbonyl (C=O) groups is 3. The van der Waals surface area contributed by atoms with Crippen molar-refractivity contribution in [3.8, 4) is 0 Å². The largest absolute Gasteiger partial charge is 0.336 e. The Morgan fingerprint density at radius 3 is 1.59 bits per heavy atom. The van der Waals surface area contributed by atoms with Gasteiger partial charge in [-0.15, -0.1) is 0 Å². The topological polar surface area (TPSA) is 97.0 Å². The molecule has 5 fully saturated rings. The zero-order chi connectivity index (χ0) is 33.6. The molecule has 9 heteroatoms. The lowest BCUT2D eigenvalue weighted by atomic mass is 9.76. The van der Waals surface area contributed by atoms with Crippen molar-refractivity contribution in [2.24, 2.45) is 16.2 Å². The minimum absolute atomic E-state index is 0.0102. The molecule has 3 heterocycles.